The van der Waals surface area contributed by atoms with Crippen LogP contribution in [0.5, 0.6) is 0 Å². The number of pyridine rings is 1. The summed E-state index contributed by atoms with van der Waals surface area (Å²) in [5, 5.41) is 8.75. The van der Waals surface area contributed by atoms with Crippen LogP contribution in [0.3, 0.4) is 0 Å². The fraction of sp³-hybridized carbons (Fsp3) is 0.500. The molecule has 2 aliphatic heterocycles. The van der Waals surface area contributed by atoms with E-state index in [0.717, 1.165) is 53.6 Å². The molecule has 1 aliphatic carbocycles. The monoisotopic (exact) mass is 477 g/mol. The molecular formula is C26H31N5O2S. The number of benzene rings is 1. The van der Waals surface area contributed by atoms with Gasteiger partial charge in [-0.15, -0.1) is 11.3 Å². The number of carbonyl (C=O) groups is 1. The molecule has 3 aromatic rings. The standard InChI is InChI=1S/C26H31N5O2S/c1-2-33-26(32)29-19-6-7-20-21(10-19)30-22(24-13-28-25(34-24)16-4-3-5-16)11-23(20)31-14-17-8-9-27-12-18(17)15-31/h6-7,10-11,13,16-18,27H,2-5,8-9,12,14-15H2,1H3,(H,29,32). The third-order valence-corrected chi connectivity index (χ3v) is 8.74. The van der Waals surface area contributed by atoms with Gasteiger partial charge >= 0.3 is 6.09 Å². The van der Waals surface area contributed by atoms with Crippen LogP contribution in [-0.4, -0.2) is 48.8 Å². The number of nitrogens with one attached hydrogen (secondary N) is 2. The Labute approximate surface area is 203 Å². The summed E-state index contributed by atoms with van der Waals surface area (Å²) in [5.41, 5.74) is 3.77. The molecule has 1 saturated carbocycles. The number of hydrogen-bond acceptors (Lipinski definition) is 7. The smallest absolute Gasteiger partial charge is 0.411 e. The van der Waals surface area contributed by atoms with Crippen molar-refractivity contribution in [2.24, 2.45) is 11.8 Å². The van der Waals surface area contributed by atoms with E-state index in [1.54, 1.807) is 18.3 Å². The fourth-order valence-corrected chi connectivity index (χ4v) is 6.53. The summed E-state index contributed by atoms with van der Waals surface area (Å²) in [5.74, 6) is 2.05. The summed E-state index contributed by atoms with van der Waals surface area (Å²) >= 11 is 1.78. The highest BCUT2D eigenvalue weighted by molar-refractivity contribution is 7.15. The molecule has 2 aromatic heterocycles. The Morgan fingerprint density at radius 2 is 2.12 bits per heavy atom. The van der Waals surface area contributed by atoms with Gasteiger partial charge < -0.3 is 15.0 Å². The van der Waals surface area contributed by atoms with Crippen molar-refractivity contribution in [1.82, 2.24) is 15.3 Å². The van der Waals surface area contributed by atoms with Crippen LogP contribution in [-0.2, 0) is 4.74 Å². The highest BCUT2D eigenvalue weighted by Gasteiger charge is 2.35. The minimum absolute atomic E-state index is 0.340. The van der Waals surface area contributed by atoms with Crippen molar-refractivity contribution in [3.8, 4) is 10.6 Å². The minimum atomic E-state index is -0.443. The molecule has 4 heterocycles. The van der Waals surface area contributed by atoms with Crippen LogP contribution < -0.4 is 15.5 Å². The summed E-state index contributed by atoms with van der Waals surface area (Å²) < 4.78 is 5.06. The van der Waals surface area contributed by atoms with Gasteiger partial charge in [0.25, 0.3) is 0 Å². The Morgan fingerprint density at radius 3 is 2.91 bits per heavy atom. The molecule has 3 fully saturated rings. The lowest BCUT2D eigenvalue weighted by Gasteiger charge is -2.23. The zero-order valence-electron chi connectivity index (χ0n) is 19.5. The first-order valence-electron chi connectivity index (χ1n) is 12.5. The quantitative estimate of drug-likeness (QED) is 0.523. The molecular weight excluding hydrogens is 446 g/mol. The van der Waals surface area contributed by atoms with E-state index in [1.165, 1.54) is 36.4 Å². The van der Waals surface area contributed by atoms with E-state index in [4.69, 9.17) is 14.7 Å². The van der Waals surface area contributed by atoms with Gasteiger partial charge in [0.15, 0.2) is 0 Å². The molecule has 0 bridgehead atoms. The SMILES string of the molecule is CCOC(=O)Nc1ccc2c(N3CC4CCNCC4C3)cc(-c3cnc(C4CCC4)s3)nc2c1. The maximum Gasteiger partial charge on any atom is 0.411 e. The number of amides is 1. The van der Waals surface area contributed by atoms with Gasteiger partial charge in [0.1, 0.15) is 0 Å². The normalized spacial score (nSPS) is 22.4. The van der Waals surface area contributed by atoms with Gasteiger partial charge in [-0.3, -0.25) is 5.32 Å². The molecule has 0 radical (unpaired) electrons. The number of piperidine rings is 1. The summed E-state index contributed by atoms with van der Waals surface area (Å²) in [7, 11) is 0. The molecule has 3 aliphatic rings. The van der Waals surface area contributed by atoms with Crippen LogP contribution in [0.4, 0.5) is 16.2 Å². The Kier molecular flexibility index (Phi) is 5.87. The lowest BCUT2D eigenvalue weighted by molar-refractivity contribution is 0.168. The summed E-state index contributed by atoms with van der Waals surface area (Å²) in [4.78, 5) is 25.4. The molecule has 1 amide bonds. The Hall–Kier alpha value is -2.71. The lowest BCUT2D eigenvalue weighted by atomic mass is 9.86. The Balaban J connectivity index is 1.39. The molecule has 2 unspecified atom stereocenters. The summed E-state index contributed by atoms with van der Waals surface area (Å²) in [6.45, 7) is 6.51. The predicted molar refractivity (Wildman–Crippen MR) is 137 cm³/mol. The van der Waals surface area contributed by atoms with Crippen molar-refractivity contribution in [2.45, 2.75) is 38.5 Å². The van der Waals surface area contributed by atoms with Crippen LogP contribution in [0.15, 0.2) is 30.5 Å². The molecule has 1 aromatic carbocycles. The van der Waals surface area contributed by atoms with E-state index in [9.17, 15) is 4.79 Å². The van der Waals surface area contributed by atoms with Crippen molar-refractivity contribution in [3.05, 3.63) is 35.5 Å². The highest BCUT2D eigenvalue weighted by Crippen LogP contribution is 2.42. The number of rotatable bonds is 5. The lowest BCUT2D eigenvalue weighted by Crippen LogP contribution is -2.35. The number of aromatic nitrogens is 2. The topological polar surface area (TPSA) is 79.4 Å². The summed E-state index contributed by atoms with van der Waals surface area (Å²) in [6, 6.07) is 8.23. The number of anilines is 2. The number of fused-ring (bicyclic) bond motifs is 2. The van der Waals surface area contributed by atoms with Gasteiger partial charge in [-0.25, -0.2) is 14.8 Å². The van der Waals surface area contributed by atoms with Gasteiger partial charge in [-0.2, -0.15) is 0 Å². The average Bonchev–Trinajstić information content (AvgIpc) is 3.44. The number of thiazole rings is 1. The van der Waals surface area contributed by atoms with Crippen molar-refractivity contribution in [1.29, 1.82) is 0 Å². The second kappa shape index (κ2) is 9.15. The molecule has 178 valence electrons. The van der Waals surface area contributed by atoms with Crippen LogP contribution in [0.2, 0.25) is 0 Å². The molecule has 2 atom stereocenters. The fourth-order valence-electron chi connectivity index (χ4n) is 5.48. The maximum absolute atomic E-state index is 12.0. The molecule has 34 heavy (non-hydrogen) atoms. The molecule has 0 spiro atoms. The van der Waals surface area contributed by atoms with E-state index in [2.05, 4.69) is 27.7 Å². The van der Waals surface area contributed by atoms with Crippen LogP contribution >= 0.6 is 11.3 Å². The van der Waals surface area contributed by atoms with Gasteiger partial charge in [-0.05, 0) is 75.4 Å². The van der Waals surface area contributed by atoms with E-state index in [0.29, 0.717) is 24.1 Å². The zero-order chi connectivity index (χ0) is 23.1. The van der Waals surface area contributed by atoms with E-state index in [1.807, 2.05) is 18.3 Å². The Morgan fingerprint density at radius 1 is 1.24 bits per heavy atom. The van der Waals surface area contributed by atoms with Crippen molar-refractivity contribution in [2.75, 3.05) is 43.0 Å². The van der Waals surface area contributed by atoms with Crippen LogP contribution in [0, 0.1) is 11.8 Å². The molecule has 8 heteroatoms. The van der Waals surface area contributed by atoms with Gasteiger partial charge in [0.05, 0.1) is 27.7 Å². The van der Waals surface area contributed by atoms with Gasteiger partial charge in [0.2, 0.25) is 0 Å². The van der Waals surface area contributed by atoms with E-state index < -0.39 is 6.09 Å². The van der Waals surface area contributed by atoms with Crippen molar-refractivity contribution in [3.63, 3.8) is 0 Å². The summed E-state index contributed by atoms with van der Waals surface area (Å²) in [6.07, 6.45) is 6.59. The average molecular weight is 478 g/mol. The number of ether oxygens (including phenoxy) is 1. The molecule has 6 rings (SSSR count). The number of carbonyl (C=O) groups excluding carboxylic acids is 1. The molecule has 2 N–H and O–H groups in total. The third-order valence-electron chi connectivity index (χ3n) is 7.56. The number of hydrogen-bond donors (Lipinski definition) is 2. The van der Waals surface area contributed by atoms with E-state index >= 15 is 0 Å². The molecule has 7 nitrogen and oxygen atoms in total. The first-order valence-corrected chi connectivity index (χ1v) is 13.3. The number of nitrogens with zero attached hydrogens (tertiary/aromatic N) is 3. The van der Waals surface area contributed by atoms with Crippen molar-refractivity contribution >= 4 is 39.7 Å². The second-order valence-electron chi connectivity index (χ2n) is 9.71. The van der Waals surface area contributed by atoms with Crippen LogP contribution in [0.25, 0.3) is 21.5 Å². The first kappa shape index (κ1) is 21.8. The predicted octanol–water partition coefficient (Wildman–Crippen LogP) is 5.24. The van der Waals surface area contributed by atoms with Gasteiger partial charge in [0, 0.05) is 42.0 Å². The third kappa shape index (κ3) is 4.14. The van der Waals surface area contributed by atoms with E-state index in [-0.39, 0.29) is 0 Å². The Bertz CT molecular complexity index is 1190. The first-order chi connectivity index (χ1) is 16.7. The minimum Gasteiger partial charge on any atom is -0.450 e. The second-order valence-corrected chi connectivity index (χ2v) is 10.8. The highest BCUT2D eigenvalue weighted by atomic mass is 32.1. The van der Waals surface area contributed by atoms with Crippen LogP contribution in [0.1, 0.15) is 43.5 Å². The maximum atomic E-state index is 12.0. The zero-order valence-corrected chi connectivity index (χ0v) is 20.4. The van der Waals surface area contributed by atoms with Gasteiger partial charge in [-0.1, -0.05) is 6.42 Å². The largest absolute Gasteiger partial charge is 0.450 e. The van der Waals surface area contributed by atoms with Crippen molar-refractivity contribution < 1.29 is 9.53 Å². The molecule has 2 saturated heterocycles.